The van der Waals surface area contributed by atoms with Crippen molar-refractivity contribution in [1.29, 1.82) is 0 Å². The Kier molecular flexibility index (Phi) is 4.02. The van der Waals surface area contributed by atoms with Gasteiger partial charge in [-0.15, -0.1) is 0 Å². The predicted molar refractivity (Wildman–Crippen MR) is 90.3 cm³/mol. The van der Waals surface area contributed by atoms with Gasteiger partial charge in [-0.3, -0.25) is 9.20 Å². The normalized spacial score (nSPS) is 10.7. The minimum absolute atomic E-state index is 0.0891. The molecule has 0 saturated carbocycles. The number of imidazole rings is 1. The zero-order valence-corrected chi connectivity index (χ0v) is 13.5. The van der Waals surface area contributed by atoms with Crippen LogP contribution in [0.2, 0.25) is 0 Å². The van der Waals surface area contributed by atoms with Crippen molar-refractivity contribution in [3.63, 3.8) is 0 Å². The summed E-state index contributed by atoms with van der Waals surface area (Å²) in [5.74, 6) is 0.567. The molecule has 1 amide bonds. The molecule has 0 atom stereocenters. The van der Waals surface area contributed by atoms with Crippen LogP contribution < -0.4 is 9.64 Å². The zero-order chi connectivity index (χ0) is 16.4. The number of aromatic nitrogens is 2. The lowest BCUT2D eigenvalue weighted by molar-refractivity contribution is 0.0986. The number of anilines is 1. The average molecular weight is 309 g/mol. The maximum Gasteiger partial charge on any atom is 0.276 e. The quantitative estimate of drug-likeness (QED) is 0.743. The molecule has 0 unspecified atom stereocenters. The van der Waals surface area contributed by atoms with Gasteiger partial charge < -0.3 is 9.64 Å². The van der Waals surface area contributed by atoms with E-state index in [4.69, 9.17) is 4.74 Å². The second-order valence-electron chi connectivity index (χ2n) is 5.23. The van der Waals surface area contributed by atoms with Crippen LogP contribution in [0.5, 0.6) is 5.75 Å². The van der Waals surface area contributed by atoms with Crippen molar-refractivity contribution in [3.8, 4) is 5.75 Å². The highest BCUT2D eigenvalue weighted by Gasteiger charge is 2.23. The molecule has 23 heavy (non-hydrogen) atoms. The van der Waals surface area contributed by atoms with E-state index in [1.54, 1.807) is 23.5 Å². The van der Waals surface area contributed by atoms with Gasteiger partial charge in [-0.05, 0) is 30.7 Å². The van der Waals surface area contributed by atoms with E-state index in [1.165, 1.54) is 0 Å². The number of pyridine rings is 1. The van der Waals surface area contributed by atoms with E-state index in [-0.39, 0.29) is 5.91 Å². The number of hydrogen-bond acceptors (Lipinski definition) is 3. The summed E-state index contributed by atoms with van der Waals surface area (Å²) in [5.41, 5.74) is 2.85. The standard InChI is InChI=1S/C18H19N3O2/c1-4-14-16(18(22)20(2)13-9-6-5-7-10-13)21-12-8-11-15(23-3)17(21)19-14/h5-12H,4H2,1-3H3. The Morgan fingerprint density at radius 1 is 1.22 bits per heavy atom. The van der Waals surface area contributed by atoms with Crippen LogP contribution in [0.3, 0.4) is 0 Å². The Bertz CT molecular complexity index is 840. The first-order valence-electron chi connectivity index (χ1n) is 7.54. The molecule has 118 valence electrons. The first kappa shape index (κ1) is 15.1. The summed E-state index contributed by atoms with van der Waals surface area (Å²) in [6.07, 6.45) is 2.52. The van der Waals surface area contributed by atoms with E-state index < -0.39 is 0 Å². The van der Waals surface area contributed by atoms with E-state index in [0.29, 0.717) is 23.5 Å². The fraction of sp³-hybridized carbons (Fsp3) is 0.222. The van der Waals surface area contributed by atoms with Crippen molar-refractivity contribution in [3.05, 3.63) is 60.0 Å². The Hall–Kier alpha value is -2.82. The first-order chi connectivity index (χ1) is 11.2. The number of amides is 1. The van der Waals surface area contributed by atoms with Crippen LogP contribution >= 0.6 is 0 Å². The largest absolute Gasteiger partial charge is 0.493 e. The molecule has 0 aliphatic carbocycles. The van der Waals surface area contributed by atoms with Crippen molar-refractivity contribution in [2.24, 2.45) is 0 Å². The lowest BCUT2D eigenvalue weighted by atomic mass is 10.2. The lowest BCUT2D eigenvalue weighted by Crippen LogP contribution is -2.28. The number of nitrogens with zero attached hydrogens (tertiary/aromatic N) is 3. The van der Waals surface area contributed by atoms with Gasteiger partial charge in [0.1, 0.15) is 5.69 Å². The van der Waals surface area contributed by atoms with Crippen LogP contribution in [0.1, 0.15) is 23.1 Å². The molecule has 0 N–H and O–H groups in total. The number of hydrogen-bond donors (Lipinski definition) is 0. The third-order valence-electron chi connectivity index (χ3n) is 3.89. The number of aryl methyl sites for hydroxylation is 1. The van der Waals surface area contributed by atoms with Gasteiger partial charge in [0.15, 0.2) is 11.4 Å². The van der Waals surface area contributed by atoms with Crippen LogP contribution in [-0.2, 0) is 6.42 Å². The Morgan fingerprint density at radius 3 is 2.61 bits per heavy atom. The topological polar surface area (TPSA) is 46.8 Å². The summed E-state index contributed by atoms with van der Waals surface area (Å²) in [6.45, 7) is 1.99. The second-order valence-corrected chi connectivity index (χ2v) is 5.23. The Balaban J connectivity index is 2.13. The number of methoxy groups -OCH3 is 1. The first-order valence-corrected chi connectivity index (χ1v) is 7.54. The summed E-state index contributed by atoms with van der Waals surface area (Å²) in [5, 5.41) is 0. The molecule has 5 heteroatoms. The molecule has 2 aromatic heterocycles. The van der Waals surface area contributed by atoms with Crippen molar-refractivity contribution in [2.45, 2.75) is 13.3 Å². The van der Waals surface area contributed by atoms with Gasteiger partial charge in [-0.1, -0.05) is 25.1 Å². The summed E-state index contributed by atoms with van der Waals surface area (Å²) in [7, 11) is 3.38. The molecule has 5 nitrogen and oxygen atoms in total. The van der Waals surface area contributed by atoms with Gasteiger partial charge in [-0.2, -0.15) is 0 Å². The molecular formula is C18H19N3O2. The van der Waals surface area contributed by atoms with Crippen LogP contribution in [0.25, 0.3) is 5.65 Å². The Labute approximate surface area is 135 Å². The van der Waals surface area contributed by atoms with Gasteiger partial charge >= 0.3 is 0 Å². The van der Waals surface area contributed by atoms with Gasteiger partial charge in [0.25, 0.3) is 5.91 Å². The van der Waals surface area contributed by atoms with E-state index in [1.807, 2.05) is 55.6 Å². The number of ether oxygens (including phenoxy) is 1. The lowest BCUT2D eigenvalue weighted by Gasteiger charge is -2.17. The highest BCUT2D eigenvalue weighted by molar-refractivity contribution is 6.06. The van der Waals surface area contributed by atoms with Crippen LogP contribution in [0.4, 0.5) is 5.69 Å². The Morgan fingerprint density at radius 2 is 1.96 bits per heavy atom. The summed E-state index contributed by atoms with van der Waals surface area (Å²) in [6, 6.07) is 13.3. The van der Waals surface area contributed by atoms with Gasteiger partial charge in [0.05, 0.1) is 12.8 Å². The average Bonchev–Trinajstić information content (AvgIpc) is 2.99. The molecule has 0 fully saturated rings. The van der Waals surface area contributed by atoms with E-state index in [2.05, 4.69) is 4.98 Å². The zero-order valence-electron chi connectivity index (χ0n) is 13.5. The highest BCUT2D eigenvalue weighted by atomic mass is 16.5. The second kappa shape index (κ2) is 6.12. The maximum absolute atomic E-state index is 13.0. The smallest absolute Gasteiger partial charge is 0.276 e. The van der Waals surface area contributed by atoms with Crippen LogP contribution in [-0.4, -0.2) is 29.4 Å². The summed E-state index contributed by atoms with van der Waals surface area (Å²) >= 11 is 0. The van der Waals surface area contributed by atoms with Crippen molar-refractivity contribution >= 4 is 17.2 Å². The minimum Gasteiger partial charge on any atom is -0.493 e. The molecule has 0 aliphatic rings. The summed E-state index contributed by atoms with van der Waals surface area (Å²) in [4.78, 5) is 19.3. The number of fused-ring (bicyclic) bond motifs is 1. The van der Waals surface area contributed by atoms with Gasteiger partial charge in [0, 0.05) is 18.9 Å². The SMILES string of the molecule is CCc1nc2c(OC)cccn2c1C(=O)N(C)c1ccccc1. The molecule has 0 aliphatic heterocycles. The minimum atomic E-state index is -0.0891. The molecule has 0 spiro atoms. The number of carbonyl (C=O) groups excluding carboxylic acids is 1. The highest BCUT2D eigenvalue weighted by Crippen LogP contribution is 2.24. The fourth-order valence-electron chi connectivity index (χ4n) is 2.65. The summed E-state index contributed by atoms with van der Waals surface area (Å²) < 4.78 is 7.16. The molecule has 0 radical (unpaired) electrons. The van der Waals surface area contributed by atoms with Gasteiger partial charge in [0.2, 0.25) is 0 Å². The maximum atomic E-state index is 13.0. The van der Waals surface area contributed by atoms with Gasteiger partial charge in [-0.25, -0.2) is 4.98 Å². The van der Waals surface area contributed by atoms with E-state index in [0.717, 1.165) is 11.4 Å². The molecule has 0 saturated heterocycles. The van der Waals surface area contributed by atoms with Crippen molar-refractivity contribution < 1.29 is 9.53 Å². The number of carbonyl (C=O) groups is 1. The molecule has 1 aromatic carbocycles. The third-order valence-corrected chi connectivity index (χ3v) is 3.89. The monoisotopic (exact) mass is 309 g/mol. The number of benzene rings is 1. The molecule has 0 bridgehead atoms. The van der Waals surface area contributed by atoms with E-state index >= 15 is 0 Å². The fourth-order valence-corrected chi connectivity index (χ4v) is 2.65. The molecule has 2 heterocycles. The van der Waals surface area contributed by atoms with E-state index in [9.17, 15) is 4.79 Å². The molecular weight excluding hydrogens is 290 g/mol. The predicted octanol–water partition coefficient (Wildman–Crippen LogP) is 3.18. The third kappa shape index (κ3) is 2.54. The number of rotatable bonds is 4. The molecule has 3 aromatic rings. The van der Waals surface area contributed by atoms with Crippen LogP contribution in [0.15, 0.2) is 48.7 Å². The van der Waals surface area contributed by atoms with Crippen molar-refractivity contribution in [2.75, 3.05) is 19.1 Å². The van der Waals surface area contributed by atoms with Crippen LogP contribution in [0, 0.1) is 0 Å². The number of para-hydroxylation sites is 1. The molecule has 3 rings (SSSR count). The van der Waals surface area contributed by atoms with Crippen molar-refractivity contribution in [1.82, 2.24) is 9.38 Å².